The molecule has 0 saturated carbocycles. The number of nitrogens with zero attached hydrogens (tertiary/aromatic N) is 1. The van der Waals surface area contributed by atoms with E-state index in [1.54, 1.807) is 24.1 Å². The van der Waals surface area contributed by atoms with E-state index in [9.17, 15) is 9.18 Å². The maximum atomic E-state index is 12.9. The fourth-order valence-corrected chi connectivity index (χ4v) is 2.75. The molecule has 2 unspecified atom stereocenters. The van der Waals surface area contributed by atoms with Crippen LogP contribution in [0.25, 0.3) is 0 Å². The largest absolute Gasteiger partial charge is 0.316 e. The Bertz CT molecular complexity index is 440. The fraction of sp³-hybridized carbons (Fsp3) is 0.562. The summed E-state index contributed by atoms with van der Waals surface area (Å²) in [5, 5.41) is 3.39. The quantitative estimate of drug-likeness (QED) is 0.918. The molecule has 1 heterocycles. The van der Waals surface area contributed by atoms with Gasteiger partial charge in [-0.1, -0.05) is 6.92 Å². The van der Waals surface area contributed by atoms with Gasteiger partial charge in [0.05, 0.1) is 0 Å². The molecule has 4 heteroatoms. The number of carbonyl (C=O) groups excluding carboxylic acids is 1. The lowest BCUT2D eigenvalue weighted by Gasteiger charge is -2.29. The summed E-state index contributed by atoms with van der Waals surface area (Å²) in [5.74, 6) is 0.762. The predicted molar refractivity (Wildman–Crippen MR) is 79.2 cm³/mol. The average Bonchev–Trinajstić information content (AvgIpc) is 2.48. The second-order valence-corrected chi connectivity index (χ2v) is 5.72. The van der Waals surface area contributed by atoms with Crippen molar-refractivity contribution in [2.75, 3.05) is 25.0 Å². The number of piperidine rings is 1. The van der Waals surface area contributed by atoms with Crippen LogP contribution >= 0.6 is 0 Å². The van der Waals surface area contributed by atoms with Crippen molar-refractivity contribution >= 4 is 11.6 Å². The third kappa shape index (κ3) is 3.79. The number of rotatable bonds is 4. The van der Waals surface area contributed by atoms with E-state index in [1.165, 1.54) is 25.0 Å². The van der Waals surface area contributed by atoms with Crippen molar-refractivity contribution in [1.29, 1.82) is 0 Å². The van der Waals surface area contributed by atoms with Crippen molar-refractivity contribution in [2.24, 2.45) is 11.8 Å². The Hall–Kier alpha value is -1.42. The van der Waals surface area contributed by atoms with Crippen molar-refractivity contribution in [3.8, 4) is 0 Å². The number of hydrogen-bond donors (Lipinski definition) is 1. The van der Waals surface area contributed by atoms with Crippen molar-refractivity contribution in [1.82, 2.24) is 5.32 Å². The summed E-state index contributed by atoms with van der Waals surface area (Å²) in [6, 6.07) is 6.04. The number of amides is 1. The first kappa shape index (κ1) is 15.0. The molecule has 0 spiro atoms. The van der Waals surface area contributed by atoms with Crippen LogP contribution in [0.2, 0.25) is 0 Å². The van der Waals surface area contributed by atoms with E-state index in [1.807, 2.05) is 0 Å². The van der Waals surface area contributed by atoms with E-state index in [4.69, 9.17) is 0 Å². The monoisotopic (exact) mass is 278 g/mol. The summed E-state index contributed by atoms with van der Waals surface area (Å²) in [7, 11) is 1.75. The molecule has 0 bridgehead atoms. The molecule has 0 aromatic heterocycles. The molecule has 110 valence electrons. The van der Waals surface area contributed by atoms with Crippen LogP contribution < -0.4 is 10.2 Å². The summed E-state index contributed by atoms with van der Waals surface area (Å²) in [5.41, 5.74) is 0.741. The van der Waals surface area contributed by atoms with Gasteiger partial charge in [-0.3, -0.25) is 4.79 Å². The lowest BCUT2D eigenvalue weighted by atomic mass is 9.85. The van der Waals surface area contributed by atoms with Gasteiger partial charge in [-0.15, -0.1) is 0 Å². The Kier molecular flexibility index (Phi) is 5.12. The van der Waals surface area contributed by atoms with Crippen LogP contribution in [0.3, 0.4) is 0 Å². The molecule has 1 aromatic carbocycles. The normalized spacial score (nSPS) is 20.4. The van der Waals surface area contributed by atoms with E-state index in [0.29, 0.717) is 18.3 Å². The highest BCUT2D eigenvalue weighted by Crippen LogP contribution is 2.24. The SMILES string of the molecule is CC(CC(=O)N(C)c1ccc(F)cc1)C1CCCNC1. The Morgan fingerprint density at radius 2 is 2.15 bits per heavy atom. The van der Waals surface area contributed by atoms with Gasteiger partial charge in [0.2, 0.25) is 5.91 Å². The van der Waals surface area contributed by atoms with Crippen LogP contribution in [-0.2, 0) is 4.79 Å². The Morgan fingerprint density at radius 3 is 2.75 bits per heavy atom. The minimum atomic E-state index is -0.281. The molecule has 1 aromatic rings. The van der Waals surface area contributed by atoms with E-state index < -0.39 is 0 Å². The minimum absolute atomic E-state index is 0.0923. The highest BCUT2D eigenvalue weighted by Gasteiger charge is 2.23. The maximum Gasteiger partial charge on any atom is 0.226 e. The zero-order valence-electron chi connectivity index (χ0n) is 12.2. The van der Waals surface area contributed by atoms with Gasteiger partial charge >= 0.3 is 0 Å². The number of nitrogens with one attached hydrogen (secondary N) is 1. The van der Waals surface area contributed by atoms with Crippen molar-refractivity contribution in [3.05, 3.63) is 30.1 Å². The fourth-order valence-electron chi connectivity index (χ4n) is 2.75. The molecule has 0 radical (unpaired) electrons. The average molecular weight is 278 g/mol. The van der Waals surface area contributed by atoms with Gasteiger partial charge < -0.3 is 10.2 Å². The summed E-state index contributed by atoms with van der Waals surface area (Å²) in [4.78, 5) is 13.9. The maximum absolute atomic E-state index is 12.9. The third-order valence-corrected chi connectivity index (χ3v) is 4.22. The van der Waals surface area contributed by atoms with Gasteiger partial charge in [-0.2, -0.15) is 0 Å². The van der Waals surface area contributed by atoms with Gasteiger partial charge in [0.15, 0.2) is 0 Å². The minimum Gasteiger partial charge on any atom is -0.316 e. The number of benzene rings is 1. The lowest BCUT2D eigenvalue weighted by Crippen LogP contribution is -2.36. The second kappa shape index (κ2) is 6.84. The van der Waals surface area contributed by atoms with Gasteiger partial charge in [0.1, 0.15) is 5.82 Å². The number of halogens is 1. The van der Waals surface area contributed by atoms with Gasteiger partial charge in [0.25, 0.3) is 0 Å². The first-order valence-corrected chi connectivity index (χ1v) is 7.30. The van der Waals surface area contributed by atoms with E-state index in [2.05, 4.69) is 12.2 Å². The number of anilines is 1. The molecular formula is C16H23FN2O. The first-order chi connectivity index (χ1) is 9.58. The highest BCUT2D eigenvalue weighted by atomic mass is 19.1. The lowest BCUT2D eigenvalue weighted by molar-refractivity contribution is -0.119. The van der Waals surface area contributed by atoms with Gasteiger partial charge in [0, 0.05) is 19.2 Å². The van der Waals surface area contributed by atoms with Crippen LogP contribution in [0.1, 0.15) is 26.2 Å². The van der Waals surface area contributed by atoms with Crippen molar-refractivity contribution in [2.45, 2.75) is 26.2 Å². The van der Waals surface area contributed by atoms with E-state index >= 15 is 0 Å². The number of carbonyl (C=O) groups is 1. The zero-order valence-corrected chi connectivity index (χ0v) is 12.2. The van der Waals surface area contributed by atoms with Crippen LogP contribution in [0.5, 0.6) is 0 Å². The molecule has 1 N–H and O–H groups in total. The van der Waals surface area contributed by atoms with Gasteiger partial charge in [-0.05, 0) is 62.0 Å². The standard InChI is InChI=1S/C16H23FN2O/c1-12(13-4-3-9-18-11-13)10-16(20)19(2)15-7-5-14(17)6-8-15/h5-8,12-13,18H,3-4,9-11H2,1-2H3. The summed E-state index contributed by atoms with van der Waals surface area (Å²) in [6.07, 6.45) is 2.93. The third-order valence-electron chi connectivity index (χ3n) is 4.22. The summed E-state index contributed by atoms with van der Waals surface area (Å²) in [6.45, 7) is 4.25. The molecule has 1 fully saturated rings. The van der Waals surface area contributed by atoms with E-state index in [0.717, 1.165) is 18.8 Å². The first-order valence-electron chi connectivity index (χ1n) is 7.30. The molecule has 2 rings (SSSR count). The summed E-state index contributed by atoms with van der Waals surface area (Å²) >= 11 is 0. The summed E-state index contributed by atoms with van der Waals surface area (Å²) < 4.78 is 12.9. The van der Waals surface area contributed by atoms with Crippen LogP contribution in [0.4, 0.5) is 10.1 Å². The van der Waals surface area contributed by atoms with Crippen molar-refractivity contribution < 1.29 is 9.18 Å². The highest BCUT2D eigenvalue weighted by molar-refractivity contribution is 5.92. The second-order valence-electron chi connectivity index (χ2n) is 5.72. The van der Waals surface area contributed by atoms with Crippen LogP contribution in [-0.4, -0.2) is 26.0 Å². The van der Waals surface area contributed by atoms with Gasteiger partial charge in [-0.25, -0.2) is 4.39 Å². The zero-order chi connectivity index (χ0) is 14.5. The molecule has 1 aliphatic heterocycles. The predicted octanol–water partition coefficient (Wildman–Crippen LogP) is 2.81. The number of hydrogen-bond acceptors (Lipinski definition) is 2. The van der Waals surface area contributed by atoms with Crippen molar-refractivity contribution in [3.63, 3.8) is 0 Å². The molecule has 3 nitrogen and oxygen atoms in total. The topological polar surface area (TPSA) is 32.3 Å². The Labute approximate surface area is 120 Å². The smallest absolute Gasteiger partial charge is 0.226 e. The molecule has 20 heavy (non-hydrogen) atoms. The van der Waals surface area contributed by atoms with Crippen LogP contribution in [0.15, 0.2) is 24.3 Å². The molecule has 1 amide bonds. The molecular weight excluding hydrogens is 255 g/mol. The Balaban J connectivity index is 1.91. The molecule has 1 saturated heterocycles. The molecule has 1 aliphatic rings. The molecule has 2 atom stereocenters. The van der Waals surface area contributed by atoms with E-state index in [-0.39, 0.29) is 11.7 Å². The Morgan fingerprint density at radius 1 is 1.45 bits per heavy atom. The van der Waals surface area contributed by atoms with Crippen LogP contribution in [0, 0.1) is 17.7 Å². The molecule has 0 aliphatic carbocycles.